The molecule has 1 aliphatic heterocycles. The lowest BCUT2D eigenvalue weighted by Gasteiger charge is -2.45. The zero-order valence-corrected chi connectivity index (χ0v) is 11.0. The zero-order valence-electron chi connectivity index (χ0n) is 11.0. The van der Waals surface area contributed by atoms with Crippen LogP contribution in [0, 0.1) is 5.92 Å². The van der Waals surface area contributed by atoms with Crippen LogP contribution in [0.5, 0.6) is 5.75 Å². The van der Waals surface area contributed by atoms with E-state index in [9.17, 15) is 18.3 Å². The van der Waals surface area contributed by atoms with Crippen LogP contribution in [0.15, 0.2) is 24.3 Å². The number of halogens is 3. The van der Waals surface area contributed by atoms with Crippen molar-refractivity contribution in [2.45, 2.75) is 50.0 Å². The van der Waals surface area contributed by atoms with Crippen molar-refractivity contribution in [1.82, 2.24) is 0 Å². The van der Waals surface area contributed by atoms with Crippen LogP contribution in [0.3, 0.4) is 0 Å². The van der Waals surface area contributed by atoms with Gasteiger partial charge < -0.3 is 9.84 Å². The van der Waals surface area contributed by atoms with E-state index in [4.69, 9.17) is 4.74 Å². The maximum absolute atomic E-state index is 13.0. The molecule has 1 aromatic carbocycles. The number of alkyl halides is 3. The molecule has 1 heterocycles. The molecule has 1 N–H and O–H groups in total. The number of benzene rings is 1. The molecule has 2 aliphatic rings. The van der Waals surface area contributed by atoms with Crippen molar-refractivity contribution < 1.29 is 23.0 Å². The Hall–Kier alpha value is -1.23. The summed E-state index contributed by atoms with van der Waals surface area (Å²) in [7, 11) is 0. The molecule has 20 heavy (non-hydrogen) atoms. The molecule has 0 aromatic heterocycles. The van der Waals surface area contributed by atoms with Gasteiger partial charge >= 0.3 is 6.18 Å². The molecular formula is C15H17F3O2. The van der Waals surface area contributed by atoms with Crippen LogP contribution in [0.2, 0.25) is 0 Å². The molecule has 3 atom stereocenters. The van der Waals surface area contributed by atoms with E-state index in [0.29, 0.717) is 24.2 Å². The predicted molar refractivity (Wildman–Crippen MR) is 67.4 cm³/mol. The normalized spacial score (nSPS) is 33.6. The number of aliphatic hydroxyl groups excluding tert-OH is 1. The monoisotopic (exact) mass is 286 g/mol. The van der Waals surface area contributed by atoms with E-state index in [2.05, 4.69) is 0 Å². The van der Waals surface area contributed by atoms with Crippen LogP contribution in [-0.4, -0.2) is 16.9 Å². The summed E-state index contributed by atoms with van der Waals surface area (Å²) in [6, 6.07) is 7.05. The molecule has 2 nitrogen and oxygen atoms in total. The SMILES string of the molecule is OC1CC2(CCCC(C(F)(F)F)C2)Oc2ccccc21. The van der Waals surface area contributed by atoms with Crippen LogP contribution in [-0.2, 0) is 0 Å². The first kappa shape index (κ1) is 13.7. The molecule has 1 saturated carbocycles. The summed E-state index contributed by atoms with van der Waals surface area (Å²) in [4.78, 5) is 0. The minimum atomic E-state index is -4.18. The van der Waals surface area contributed by atoms with Gasteiger partial charge in [0.1, 0.15) is 11.4 Å². The van der Waals surface area contributed by atoms with Gasteiger partial charge in [-0.25, -0.2) is 0 Å². The zero-order chi connectivity index (χ0) is 14.4. The first-order chi connectivity index (χ1) is 9.40. The van der Waals surface area contributed by atoms with Crippen molar-refractivity contribution >= 4 is 0 Å². The standard InChI is InChI=1S/C15H17F3O2/c16-15(17,18)10-4-3-7-14(8-10)9-12(19)11-5-1-2-6-13(11)20-14/h1-2,5-6,10,12,19H,3-4,7-9H2. The maximum atomic E-state index is 13.0. The van der Waals surface area contributed by atoms with E-state index < -0.39 is 23.8 Å². The Morgan fingerprint density at radius 1 is 1.20 bits per heavy atom. The maximum Gasteiger partial charge on any atom is 0.391 e. The van der Waals surface area contributed by atoms with Crippen LogP contribution in [0.4, 0.5) is 13.2 Å². The molecule has 3 unspecified atom stereocenters. The van der Waals surface area contributed by atoms with Gasteiger partial charge in [-0.3, -0.25) is 0 Å². The quantitative estimate of drug-likeness (QED) is 0.781. The van der Waals surface area contributed by atoms with E-state index in [1.54, 1.807) is 24.3 Å². The molecule has 1 spiro atoms. The Balaban J connectivity index is 1.87. The molecule has 1 aromatic rings. The highest BCUT2D eigenvalue weighted by atomic mass is 19.4. The summed E-state index contributed by atoms with van der Waals surface area (Å²) in [6.45, 7) is 0. The van der Waals surface area contributed by atoms with Gasteiger partial charge in [0.15, 0.2) is 0 Å². The summed E-state index contributed by atoms with van der Waals surface area (Å²) in [5, 5.41) is 10.2. The Morgan fingerprint density at radius 2 is 1.95 bits per heavy atom. The lowest BCUT2D eigenvalue weighted by Crippen LogP contribution is -2.47. The molecule has 0 radical (unpaired) electrons. The highest BCUT2D eigenvalue weighted by Gasteiger charge is 2.51. The third-order valence-electron chi connectivity index (χ3n) is 4.44. The van der Waals surface area contributed by atoms with Gasteiger partial charge in [0.25, 0.3) is 0 Å². The molecule has 0 bridgehead atoms. The highest BCUT2D eigenvalue weighted by molar-refractivity contribution is 5.38. The Labute approximate surface area is 115 Å². The van der Waals surface area contributed by atoms with E-state index in [1.165, 1.54) is 0 Å². The molecular weight excluding hydrogens is 269 g/mol. The largest absolute Gasteiger partial charge is 0.487 e. The lowest BCUT2D eigenvalue weighted by atomic mass is 9.73. The average molecular weight is 286 g/mol. The van der Waals surface area contributed by atoms with E-state index in [-0.39, 0.29) is 19.3 Å². The van der Waals surface area contributed by atoms with Gasteiger partial charge in [0.05, 0.1) is 12.0 Å². The lowest BCUT2D eigenvalue weighted by molar-refractivity contribution is -0.201. The highest BCUT2D eigenvalue weighted by Crippen LogP contribution is 2.50. The second-order valence-corrected chi connectivity index (χ2v) is 5.88. The topological polar surface area (TPSA) is 29.5 Å². The number of ether oxygens (including phenoxy) is 1. The van der Waals surface area contributed by atoms with Crippen LogP contribution in [0.1, 0.15) is 43.8 Å². The van der Waals surface area contributed by atoms with Crippen molar-refractivity contribution in [3.63, 3.8) is 0 Å². The second-order valence-electron chi connectivity index (χ2n) is 5.88. The summed E-state index contributed by atoms with van der Waals surface area (Å²) in [5.41, 5.74) is -0.195. The molecule has 0 saturated heterocycles. The predicted octanol–water partition coefficient (Wildman–Crippen LogP) is 3.99. The van der Waals surface area contributed by atoms with Gasteiger partial charge in [-0.05, 0) is 31.7 Å². The number of fused-ring (bicyclic) bond motifs is 1. The third kappa shape index (κ3) is 2.39. The molecule has 5 heteroatoms. The molecule has 1 fully saturated rings. The third-order valence-corrected chi connectivity index (χ3v) is 4.44. The Kier molecular flexibility index (Phi) is 3.20. The number of aliphatic hydroxyl groups is 1. The Morgan fingerprint density at radius 3 is 2.70 bits per heavy atom. The fourth-order valence-electron chi connectivity index (χ4n) is 3.47. The van der Waals surface area contributed by atoms with Crippen LogP contribution in [0.25, 0.3) is 0 Å². The van der Waals surface area contributed by atoms with Gasteiger partial charge in [0.2, 0.25) is 0 Å². The van der Waals surface area contributed by atoms with Crippen LogP contribution < -0.4 is 4.74 Å². The second kappa shape index (κ2) is 4.65. The smallest absolute Gasteiger partial charge is 0.391 e. The molecule has 110 valence electrons. The van der Waals surface area contributed by atoms with E-state index >= 15 is 0 Å². The minimum Gasteiger partial charge on any atom is -0.487 e. The summed E-state index contributed by atoms with van der Waals surface area (Å²) < 4.78 is 44.8. The van der Waals surface area contributed by atoms with Crippen molar-refractivity contribution in [2.24, 2.45) is 5.92 Å². The van der Waals surface area contributed by atoms with Crippen molar-refractivity contribution in [2.75, 3.05) is 0 Å². The van der Waals surface area contributed by atoms with Gasteiger partial charge in [0, 0.05) is 12.0 Å². The number of rotatable bonds is 0. The molecule has 1 aliphatic carbocycles. The summed E-state index contributed by atoms with van der Waals surface area (Å²) in [6.07, 6.45) is -3.51. The van der Waals surface area contributed by atoms with Gasteiger partial charge in [-0.1, -0.05) is 18.2 Å². The van der Waals surface area contributed by atoms with Crippen molar-refractivity contribution in [3.8, 4) is 5.75 Å². The summed E-state index contributed by atoms with van der Waals surface area (Å²) >= 11 is 0. The summed E-state index contributed by atoms with van der Waals surface area (Å²) in [5.74, 6) is -0.803. The number of hydrogen-bond acceptors (Lipinski definition) is 2. The van der Waals surface area contributed by atoms with Gasteiger partial charge in [-0.2, -0.15) is 13.2 Å². The van der Waals surface area contributed by atoms with Gasteiger partial charge in [-0.15, -0.1) is 0 Å². The molecule has 3 rings (SSSR count). The van der Waals surface area contributed by atoms with Crippen molar-refractivity contribution in [3.05, 3.63) is 29.8 Å². The first-order valence-corrected chi connectivity index (χ1v) is 6.92. The molecule has 0 amide bonds. The number of hydrogen-bond donors (Lipinski definition) is 1. The minimum absolute atomic E-state index is 0.0537. The van der Waals surface area contributed by atoms with Crippen LogP contribution >= 0.6 is 0 Å². The Bertz CT molecular complexity index is 500. The first-order valence-electron chi connectivity index (χ1n) is 6.92. The number of para-hydroxylation sites is 1. The fourth-order valence-corrected chi connectivity index (χ4v) is 3.47. The van der Waals surface area contributed by atoms with E-state index in [0.717, 1.165) is 0 Å². The fraction of sp³-hybridized carbons (Fsp3) is 0.600. The average Bonchev–Trinajstić information content (AvgIpc) is 2.37. The van der Waals surface area contributed by atoms with E-state index in [1.807, 2.05) is 0 Å². The van der Waals surface area contributed by atoms with Crippen molar-refractivity contribution in [1.29, 1.82) is 0 Å².